The molecule has 0 spiro atoms. The van der Waals surface area contributed by atoms with Crippen molar-refractivity contribution in [1.29, 1.82) is 0 Å². The van der Waals surface area contributed by atoms with Crippen LogP contribution in [0.25, 0.3) is 0 Å². The van der Waals surface area contributed by atoms with E-state index in [9.17, 15) is 0 Å². The lowest BCUT2D eigenvalue weighted by molar-refractivity contribution is 0.727. The molecule has 1 heterocycles. The summed E-state index contributed by atoms with van der Waals surface area (Å²) in [7, 11) is 0. The fourth-order valence-electron chi connectivity index (χ4n) is 1.37. The fraction of sp³-hybridized carbons (Fsp3) is 0.714. The molecule has 0 aromatic carbocycles. The summed E-state index contributed by atoms with van der Waals surface area (Å²) in [6.07, 6.45) is 7.09. The Hall–Kier alpha value is -0.195. The Kier molecular flexibility index (Phi) is 2.19. The largest absolute Gasteiger partial charge is 0.165 e. The summed E-state index contributed by atoms with van der Waals surface area (Å²) < 4.78 is 0. The van der Waals surface area contributed by atoms with Crippen LogP contribution in [0.3, 0.4) is 0 Å². The van der Waals surface area contributed by atoms with E-state index in [2.05, 4.69) is 12.6 Å². The van der Waals surface area contributed by atoms with Crippen LogP contribution in [-0.4, -0.2) is 6.71 Å². The Morgan fingerprint density at radius 1 is 1.12 bits per heavy atom. The maximum absolute atomic E-state index is 3.78. The van der Waals surface area contributed by atoms with E-state index in [4.69, 9.17) is 0 Å². The molecular weight excluding hydrogens is 94.9 g/mol. The van der Waals surface area contributed by atoms with Crippen molar-refractivity contribution in [2.24, 2.45) is 0 Å². The first-order chi connectivity index (χ1) is 3.93. The summed E-state index contributed by atoms with van der Waals surface area (Å²) in [4.78, 5) is 0. The predicted octanol–water partition coefficient (Wildman–Crippen LogP) is 2.39. The van der Waals surface area contributed by atoms with Crippen LogP contribution < -0.4 is 0 Å². The molecule has 0 saturated carbocycles. The Morgan fingerprint density at radius 2 is 1.75 bits per heavy atom. The zero-order valence-electron chi connectivity index (χ0n) is 5.40. The molecule has 0 aromatic heterocycles. The van der Waals surface area contributed by atoms with Crippen LogP contribution in [0, 0.1) is 0 Å². The van der Waals surface area contributed by atoms with E-state index in [1.54, 1.807) is 0 Å². The quantitative estimate of drug-likeness (QED) is 0.452. The molecule has 0 bridgehead atoms. The third-order valence-electron chi connectivity index (χ3n) is 1.98. The van der Waals surface area contributed by atoms with E-state index < -0.39 is 0 Å². The topological polar surface area (TPSA) is 0 Å². The number of hydrogen-bond donors (Lipinski definition) is 0. The normalized spacial score (nSPS) is 20.8. The van der Waals surface area contributed by atoms with Gasteiger partial charge in [-0.3, -0.25) is 0 Å². The maximum atomic E-state index is 3.78. The van der Waals surface area contributed by atoms with Crippen molar-refractivity contribution >= 4 is 6.71 Å². The summed E-state index contributed by atoms with van der Waals surface area (Å²) in [6, 6.07) is 0. The van der Waals surface area contributed by atoms with Crippen molar-refractivity contribution in [1.82, 2.24) is 0 Å². The van der Waals surface area contributed by atoms with Gasteiger partial charge in [-0.05, 0) is 0 Å². The van der Waals surface area contributed by atoms with Crippen molar-refractivity contribution < 1.29 is 0 Å². The fourth-order valence-corrected chi connectivity index (χ4v) is 1.37. The lowest BCUT2D eigenvalue weighted by atomic mass is 9.42. The first kappa shape index (κ1) is 5.93. The average Bonchev–Trinajstić information content (AvgIpc) is 1.90. The Bertz CT molecular complexity index is 72.5. The number of hydrogen-bond acceptors (Lipinski definition) is 0. The van der Waals surface area contributed by atoms with E-state index in [1.165, 1.54) is 31.9 Å². The first-order valence-electron chi connectivity index (χ1n) is 3.56. The van der Waals surface area contributed by atoms with Crippen LogP contribution in [0.15, 0.2) is 12.6 Å². The molecular formula is C7H13B. The number of rotatable bonds is 1. The van der Waals surface area contributed by atoms with Gasteiger partial charge in [-0.15, -0.1) is 12.6 Å². The van der Waals surface area contributed by atoms with Gasteiger partial charge in [0.25, 0.3) is 0 Å². The Morgan fingerprint density at radius 3 is 2.12 bits per heavy atom. The lowest BCUT2D eigenvalue weighted by Gasteiger charge is -2.13. The molecule has 0 aromatic rings. The van der Waals surface area contributed by atoms with Crippen molar-refractivity contribution in [3.63, 3.8) is 0 Å². The van der Waals surface area contributed by atoms with Gasteiger partial charge in [-0.25, -0.2) is 0 Å². The summed E-state index contributed by atoms with van der Waals surface area (Å²) in [5, 5.41) is 0. The third-order valence-corrected chi connectivity index (χ3v) is 1.98. The average molecular weight is 108 g/mol. The van der Waals surface area contributed by atoms with Gasteiger partial charge in [0, 0.05) is 0 Å². The van der Waals surface area contributed by atoms with Crippen LogP contribution in [0.2, 0.25) is 12.6 Å². The SMILES string of the molecule is C=CB1CCCCC1. The highest BCUT2D eigenvalue weighted by molar-refractivity contribution is 6.64. The smallest absolute Gasteiger partial charge is 0.122 e. The van der Waals surface area contributed by atoms with Crippen LogP contribution in [0.4, 0.5) is 0 Å². The van der Waals surface area contributed by atoms with Gasteiger partial charge < -0.3 is 0 Å². The molecule has 0 unspecified atom stereocenters. The van der Waals surface area contributed by atoms with Crippen molar-refractivity contribution in [2.75, 3.05) is 0 Å². The van der Waals surface area contributed by atoms with Crippen molar-refractivity contribution in [3.8, 4) is 0 Å². The first-order valence-corrected chi connectivity index (χ1v) is 3.56. The van der Waals surface area contributed by atoms with Gasteiger partial charge in [0.15, 0.2) is 6.71 Å². The molecule has 1 saturated heterocycles. The van der Waals surface area contributed by atoms with Gasteiger partial charge in [0.2, 0.25) is 0 Å². The molecule has 1 heteroatoms. The highest BCUT2D eigenvalue weighted by Gasteiger charge is 2.12. The second-order valence-corrected chi connectivity index (χ2v) is 2.63. The summed E-state index contributed by atoms with van der Waals surface area (Å²) in [5.74, 6) is 2.11. The Balaban J connectivity index is 2.22. The molecule has 0 aliphatic carbocycles. The lowest BCUT2D eigenvalue weighted by Crippen LogP contribution is -2.11. The second-order valence-electron chi connectivity index (χ2n) is 2.63. The van der Waals surface area contributed by atoms with E-state index >= 15 is 0 Å². The van der Waals surface area contributed by atoms with Gasteiger partial charge in [-0.2, -0.15) is 0 Å². The minimum absolute atomic E-state index is 0.851. The second kappa shape index (κ2) is 2.96. The van der Waals surface area contributed by atoms with Crippen molar-refractivity contribution in [2.45, 2.75) is 31.9 Å². The summed E-state index contributed by atoms with van der Waals surface area (Å²) >= 11 is 0. The molecule has 0 N–H and O–H groups in total. The molecule has 1 fully saturated rings. The molecule has 44 valence electrons. The molecule has 8 heavy (non-hydrogen) atoms. The van der Waals surface area contributed by atoms with Crippen molar-refractivity contribution in [3.05, 3.63) is 12.6 Å². The minimum atomic E-state index is 0.851. The zero-order chi connectivity index (χ0) is 5.82. The third kappa shape index (κ3) is 1.39. The summed E-state index contributed by atoms with van der Waals surface area (Å²) in [5.41, 5.74) is 0. The maximum Gasteiger partial charge on any atom is 0.165 e. The minimum Gasteiger partial charge on any atom is -0.122 e. The molecule has 0 radical (unpaired) electrons. The standard InChI is InChI=1S/C7H13B/c1-2-8-6-4-3-5-7-8/h2H,1,3-7H2. The molecule has 0 amide bonds. The van der Waals surface area contributed by atoms with Gasteiger partial charge >= 0.3 is 0 Å². The zero-order valence-corrected chi connectivity index (χ0v) is 5.40. The molecule has 0 atom stereocenters. The van der Waals surface area contributed by atoms with E-state index in [-0.39, 0.29) is 0 Å². The van der Waals surface area contributed by atoms with Crippen LogP contribution in [-0.2, 0) is 0 Å². The van der Waals surface area contributed by atoms with Gasteiger partial charge in [0.1, 0.15) is 0 Å². The van der Waals surface area contributed by atoms with Crippen LogP contribution in [0.5, 0.6) is 0 Å². The van der Waals surface area contributed by atoms with Crippen LogP contribution in [0.1, 0.15) is 19.3 Å². The monoisotopic (exact) mass is 108 g/mol. The van der Waals surface area contributed by atoms with Gasteiger partial charge in [0.05, 0.1) is 0 Å². The van der Waals surface area contributed by atoms with Gasteiger partial charge in [-0.1, -0.05) is 31.9 Å². The molecule has 1 aliphatic heterocycles. The highest BCUT2D eigenvalue weighted by atomic mass is 13.9. The molecule has 0 nitrogen and oxygen atoms in total. The Labute approximate surface area is 52.1 Å². The molecule has 1 rings (SSSR count). The van der Waals surface area contributed by atoms with E-state index in [0.29, 0.717) is 0 Å². The summed E-state index contributed by atoms with van der Waals surface area (Å²) in [6.45, 7) is 4.64. The predicted molar refractivity (Wildman–Crippen MR) is 39.4 cm³/mol. The van der Waals surface area contributed by atoms with E-state index in [1.807, 2.05) is 0 Å². The van der Waals surface area contributed by atoms with E-state index in [0.717, 1.165) is 6.71 Å². The highest BCUT2D eigenvalue weighted by Crippen LogP contribution is 2.18. The van der Waals surface area contributed by atoms with Crippen LogP contribution >= 0.6 is 0 Å². The molecule has 1 aliphatic rings.